The first-order valence-electron chi connectivity index (χ1n) is 4.93. The Labute approximate surface area is 115 Å². The maximum atomic E-state index is 3.65. The third kappa shape index (κ3) is 1.62. The topological polar surface area (TPSA) is 0 Å². The Morgan fingerprint density at radius 1 is 1.00 bits per heavy atom. The molecule has 3 heteroatoms. The van der Waals surface area contributed by atoms with Crippen LogP contribution in [0.5, 0.6) is 0 Å². The van der Waals surface area contributed by atoms with E-state index in [0.29, 0.717) is 0 Å². The lowest BCUT2D eigenvalue weighted by Gasteiger charge is -1.98. The van der Waals surface area contributed by atoms with Crippen molar-refractivity contribution in [2.75, 3.05) is 0 Å². The normalized spacial score (nSPS) is 11.4. The Morgan fingerprint density at radius 3 is 2.62 bits per heavy atom. The summed E-state index contributed by atoms with van der Waals surface area (Å²) < 4.78 is 4.95. The quantitative estimate of drug-likeness (QED) is 0.471. The Kier molecular flexibility index (Phi) is 2.57. The molecule has 0 bridgehead atoms. The van der Waals surface area contributed by atoms with Crippen molar-refractivity contribution in [3.8, 4) is 0 Å². The minimum Gasteiger partial charge on any atom is -0.135 e. The summed E-state index contributed by atoms with van der Waals surface area (Å²) in [5, 5.41) is 2.67. The molecular formula is C13H8Br2S. The summed E-state index contributed by atoms with van der Waals surface area (Å²) in [5.41, 5.74) is 1.31. The molecule has 80 valence electrons. The predicted octanol–water partition coefficient (Wildman–Crippen LogP) is 5.89. The fourth-order valence-corrected chi connectivity index (χ4v) is 4.81. The van der Waals surface area contributed by atoms with E-state index in [9.17, 15) is 0 Å². The average Bonchev–Trinajstić information content (AvgIpc) is 2.54. The number of halogens is 2. The Morgan fingerprint density at radius 2 is 1.81 bits per heavy atom. The van der Waals surface area contributed by atoms with Gasteiger partial charge in [0.25, 0.3) is 0 Å². The molecule has 0 saturated carbocycles. The molecule has 0 unspecified atom stereocenters. The molecule has 0 saturated heterocycles. The lowest BCUT2D eigenvalue weighted by atomic mass is 10.1. The van der Waals surface area contributed by atoms with Gasteiger partial charge in [0.05, 0.1) is 0 Å². The van der Waals surface area contributed by atoms with Crippen LogP contribution in [0, 0.1) is 6.92 Å². The second-order valence-electron chi connectivity index (χ2n) is 3.86. The molecule has 0 aliphatic heterocycles. The summed E-state index contributed by atoms with van der Waals surface area (Å²) in [7, 11) is 0. The zero-order valence-electron chi connectivity index (χ0n) is 8.55. The van der Waals surface area contributed by atoms with Crippen LogP contribution in [-0.4, -0.2) is 0 Å². The molecule has 3 rings (SSSR count). The first kappa shape index (κ1) is 10.8. The van der Waals surface area contributed by atoms with Gasteiger partial charge in [-0.05, 0) is 31.2 Å². The molecular weight excluding hydrogens is 348 g/mol. The molecule has 1 heterocycles. The first-order valence-corrected chi connectivity index (χ1v) is 7.33. The summed E-state index contributed by atoms with van der Waals surface area (Å²) in [6.45, 7) is 2.13. The molecule has 16 heavy (non-hydrogen) atoms. The molecule has 0 N–H and O–H groups in total. The van der Waals surface area contributed by atoms with Crippen LogP contribution in [0.25, 0.3) is 20.2 Å². The van der Waals surface area contributed by atoms with E-state index in [2.05, 4.69) is 69.1 Å². The van der Waals surface area contributed by atoms with Crippen molar-refractivity contribution in [2.45, 2.75) is 6.92 Å². The van der Waals surface area contributed by atoms with Crippen LogP contribution in [0.15, 0.2) is 39.3 Å². The van der Waals surface area contributed by atoms with E-state index in [-0.39, 0.29) is 0 Å². The van der Waals surface area contributed by atoms with Crippen molar-refractivity contribution in [1.29, 1.82) is 0 Å². The fourth-order valence-electron chi connectivity index (χ4n) is 1.94. The van der Waals surface area contributed by atoms with Crippen LogP contribution in [0.1, 0.15) is 5.56 Å². The van der Waals surface area contributed by atoms with Crippen molar-refractivity contribution in [1.82, 2.24) is 0 Å². The smallest absolute Gasteiger partial charge is 0.0377 e. The van der Waals surface area contributed by atoms with E-state index in [1.807, 2.05) is 11.3 Å². The van der Waals surface area contributed by atoms with Gasteiger partial charge < -0.3 is 0 Å². The molecule has 0 radical (unpaired) electrons. The van der Waals surface area contributed by atoms with Gasteiger partial charge in [-0.3, -0.25) is 0 Å². The van der Waals surface area contributed by atoms with Crippen molar-refractivity contribution in [3.63, 3.8) is 0 Å². The zero-order valence-corrected chi connectivity index (χ0v) is 12.5. The summed E-state index contributed by atoms with van der Waals surface area (Å²) >= 11 is 9.02. The molecule has 0 atom stereocenters. The van der Waals surface area contributed by atoms with Gasteiger partial charge in [-0.1, -0.05) is 43.5 Å². The number of thiophene rings is 1. The van der Waals surface area contributed by atoms with E-state index in [0.717, 1.165) is 8.95 Å². The molecule has 0 spiro atoms. The number of aryl methyl sites for hydroxylation is 1. The van der Waals surface area contributed by atoms with Crippen LogP contribution in [0.2, 0.25) is 0 Å². The first-order chi connectivity index (χ1) is 7.65. The molecule has 2 aromatic carbocycles. The third-order valence-electron chi connectivity index (χ3n) is 2.64. The Balaban J connectivity index is 2.57. The second kappa shape index (κ2) is 3.83. The highest BCUT2D eigenvalue weighted by molar-refractivity contribution is 9.11. The lowest BCUT2D eigenvalue weighted by Crippen LogP contribution is -1.73. The van der Waals surface area contributed by atoms with Gasteiger partial charge in [0.1, 0.15) is 0 Å². The van der Waals surface area contributed by atoms with Crippen molar-refractivity contribution >= 4 is 63.4 Å². The highest BCUT2D eigenvalue weighted by atomic mass is 79.9. The second-order valence-corrected chi connectivity index (χ2v) is 6.72. The monoisotopic (exact) mass is 354 g/mol. The molecule has 3 aromatic rings. The van der Waals surface area contributed by atoms with Crippen molar-refractivity contribution in [2.24, 2.45) is 0 Å². The average molecular weight is 356 g/mol. The predicted molar refractivity (Wildman–Crippen MR) is 79.5 cm³/mol. The number of hydrogen-bond acceptors (Lipinski definition) is 1. The van der Waals surface area contributed by atoms with E-state index < -0.39 is 0 Å². The number of benzene rings is 2. The number of hydrogen-bond donors (Lipinski definition) is 0. The maximum Gasteiger partial charge on any atom is 0.0377 e. The molecule has 0 fully saturated rings. The van der Waals surface area contributed by atoms with Crippen molar-refractivity contribution in [3.05, 3.63) is 44.8 Å². The summed E-state index contributed by atoms with van der Waals surface area (Å²) in [5.74, 6) is 0. The van der Waals surface area contributed by atoms with Gasteiger partial charge >= 0.3 is 0 Å². The summed E-state index contributed by atoms with van der Waals surface area (Å²) in [6, 6.07) is 10.9. The highest BCUT2D eigenvalue weighted by Crippen LogP contribution is 2.40. The van der Waals surface area contributed by atoms with E-state index in [1.54, 1.807) is 0 Å². The minimum absolute atomic E-state index is 1.12. The van der Waals surface area contributed by atoms with E-state index in [4.69, 9.17) is 0 Å². The Bertz CT molecular complexity index is 698. The SMILES string of the molecule is Cc1ccc2sc3cc(Br)cc(Br)c3c2c1. The summed E-state index contributed by atoms with van der Waals surface area (Å²) in [6.07, 6.45) is 0. The van der Waals surface area contributed by atoms with Gasteiger partial charge in [-0.2, -0.15) is 0 Å². The standard InChI is InChI=1S/C13H8Br2S/c1-7-2-3-11-9(4-7)13-10(15)5-8(14)6-12(13)16-11/h2-6H,1H3. The number of rotatable bonds is 0. The fraction of sp³-hybridized carbons (Fsp3) is 0.0769. The lowest BCUT2D eigenvalue weighted by molar-refractivity contribution is 1.52. The van der Waals surface area contributed by atoms with Crippen LogP contribution in [0.3, 0.4) is 0 Å². The molecule has 0 nitrogen and oxygen atoms in total. The number of fused-ring (bicyclic) bond motifs is 3. The van der Waals surface area contributed by atoms with Gasteiger partial charge in [0.15, 0.2) is 0 Å². The molecule has 0 aliphatic rings. The maximum absolute atomic E-state index is 3.65. The van der Waals surface area contributed by atoms with E-state index >= 15 is 0 Å². The van der Waals surface area contributed by atoms with Crippen LogP contribution < -0.4 is 0 Å². The van der Waals surface area contributed by atoms with Crippen LogP contribution in [-0.2, 0) is 0 Å². The van der Waals surface area contributed by atoms with Gasteiger partial charge in [0.2, 0.25) is 0 Å². The zero-order chi connectivity index (χ0) is 11.3. The minimum atomic E-state index is 1.12. The summed E-state index contributed by atoms with van der Waals surface area (Å²) in [4.78, 5) is 0. The van der Waals surface area contributed by atoms with E-state index in [1.165, 1.54) is 25.7 Å². The van der Waals surface area contributed by atoms with Gasteiger partial charge in [0, 0.05) is 29.1 Å². The van der Waals surface area contributed by atoms with Gasteiger partial charge in [-0.25, -0.2) is 0 Å². The molecule has 1 aromatic heterocycles. The molecule has 0 aliphatic carbocycles. The van der Waals surface area contributed by atoms with Crippen LogP contribution >= 0.6 is 43.2 Å². The highest BCUT2D eigenvalue weighted by Gasteiger charge is 2.09. The van der Waals surface area contributed by atoms with Crippen LogP contribution in [0.4, 0.5) is 0 Å². The Hall–Kier alpha value is -0.380. The van der Waals surface area contributed by atoms with Gasteiger partial charge in [-0.15, -0.1) is 11.3 Å². The third-order valence-corrected chi connectivity index (χ3v) is 4.84. The molecule has 0 amide bonds. The largest absolute Gasteiger partial charge is 0.135 e. The van der Waals surface area contributed by atoms with Crippen molar-refractivity contribution < 1.29 is 0 Å².